The topological polar surface area (TPSA) is 60.9 Å². The molecule has 1 N–H and O–H groups in total. The average molecular weight is 349 g/mol. The van der Waals surface area contributed by atoms with E-state index in [1.54, 1.807) is 6.07 Å². The van der Waals surface area contributed by atoms with Crippen LogP contribution in [-0.2, 0) is 4.79 Å². The molecule has 0 radical (unpaired) electrons. The lowest BCUT2D eigenvalue weighted by Crippen LogP contribution is -2.39. The minimum absolute atomic E-state index is 0.233. The standard InChI is InChI=1S/C12H17BrN2O3S/c1-8-6-9(19-11(8)13)12(18)15(7-10(16)17)5-4-14(2)3/h6H,4-5,7H2,1-3H3,(H,16,17). The van der Waals surface area contributed by atoms with Crippen molar-refractivity contribution >= 4 is 39.1 Å². The molecule has 0 saturated heterocycles. The number of carboxylic acids is 1. The molecule has 0 spiro atoms. The minimum Gasteiger partial charge on any atom is -0.480 e. The maximum Gasteiger partial charge on any atom is 0.323 e. The van der Waals surface area contributed by atoms with Crippen LogP contribution >= 0.6 is 27.3 Å². The van der Waals surface area contributed by atoms with E-state index in [9.17, 15) is 9.59 Å². The van der Waals surface area contributed by atoms with Gasteiger partial charge in [0.25, 0.3) is 5.91 Å². The Labute approximate surface area is 124 Å². The number of aliphatic carboxylic acids is 1. The fourth-order valence-electron chi connectivity index (χ4n) is 1.46. The molecule has 0 aliphatic carbocycles. The largest absolute Gasteiger partial charge is 0.480 e. The molecule has 0 aliphatic rings. The van der Waals surface area contributed by atoms with E-state index in [2.05, 4.69) is 15.9 Å². The molecule has 1 aromatic rings. The molecule has 106 valence electrons. The highest BCUT2D eigenvalue weighted by molar-refractivity contribution is 9.11. The summed E-state index contributed by atoms with van der Waals surface area (Å²) in [7, 11) is 3.77. The zero-order valence-electron chi connectivity index (χ0n) is 11.1. The summed E-state index contributed by atoms with van der Waals surface area (Å²) < 4.78 is 0.902. The van der Waals surface area contributed by atoms with Crippen molar-refractivity contribution in [2.45, 2.75) is 6.92 Å². The number of carbonyl (C=O) groups is 2. The van der Waals surface area contributed by atoms with E-state index in [0.717, 1.165) is 9.35 Å². The van der Waals surface area contributed by atoms with Gasteiger partial charge >= 0.3 is 5.97 Å². The third-order valence-corrected chi connectivity index (χ3v) is 4.62. The predicted molar refractivity (Wildman–Crippen MR) is 78.8 cm³/mol. The number of nitrogens with zero attached hydrogens (tertiary/aromatic N) is 2. The Morgan fingerprint density at radius 3 is 2.42 bits per heavy atom. The lowest BCUT2D eigenvalue weighted by Gasteiger charge is -2.22. The Bertz CT molecular complexity index is 454. The monoisotopic (exact) mass is 348 g/mol. The summed E-state index contributed by atoms with van der Waals surface area (Å²) in [6, 6.07) is 1.78. The van der Waals surface area contributed by atoms with Crippen LogP contribution in [0.1, 0.15) is 15.2 Å². The Kier molecular flexibility index (Phi) is 5.96. The zero-order valence-corrected chi connectivity index (χ0v) is 13.5. The van der Waals surface area contributed by atoms with Crippen molar-refractivity contribution in [3.63, 3.8) is 0 Å². The fraction of sp³-hybridized carbons (Fsp3) is 0.500. The number of halogens is 1. The van der Waals surface area contributed by atoms with E-state index in [1.807, 2.05) is 25.9 Å². The van der Waals surface area contributed by atoms with Gasteiger partial charge in [-0.1, -0.05) is 0 Å². The van der Waals surface area contributed by atoms with Crippen molar-refractivity contribution in [2.24, 2.45) is 0 Å². The average Bonchev–Trinajstić information content (AvgIpc) is 2.63. The molecule has 1 heterocycles. The van der Waals surface area contributed by atoms with Crippen molar-refractivity contribution in [1.82, 2.24) is 9.80 Å². The van der Waals surface area contributed by atoms with E-state index in [1.165, 1.54) is 16.2 Å². The number of hydrogen-bond donors (Lipinski definition) is 1. The second-order valence-electron chi connectivity index (χ2n) is 4.49. The first-order valence-electron chi connectivity index (χ1n) is 5.73. The Morgan fingerprint density at radius 2 is 2.00 bits per heavy atom. The van der Waals surface area contributed by atoms with Crippen LogP contribution in [0.4, 0.5) is 0 Å². The van der Waals surface area contributed by atoms with Crippen LogP contribution in [0.25, 0.3) is 0 Å². The molecule has 0 atom stereocenters. The highest BCUT2D eigenvalue weighted by Crippen LogP contribution is 2.28. The first kappa shape index (κ1) is 16.1. The number of rotatable bonds is 6. The van der Waals surface area contributed by atoms with Crippen molar-refractivity contribution in [3.05, 3.63) is 20.3 Å². The highest BCUT2D eigenvalue weighted by Gasteiger charge is 2.20. The van der Waals surface area contributed by atoms with Gasteiger partial charge in [0.2, 0.25) is 0 Å². The SMILES string of the molecule is Cc1cc(C(=O)N(CCN(C)C)CC(=O)O)sc1Br. The molecule has 1 rings (SSSR count). The van der Waals surface area contributed by atoms with Crippen LogP contribution in [0.2, 0.25) is 0 Å². The molecule has 5 nitrogen and oxygen atoms in total. The summed E-state index contributed by atoms with van der Waals surface area (Å²) in [4.78, 5) is 27.0. The Hall–Kier alpha value is -0.920. The number of carboxylic acid groups (broad SMARTS) is 1. The van der Waals surface area contributed by atoms with Gasteiger partial charge in [-0.3, -0.25) is 9.59 Å². The van der Waals surface area contributed by atoms with E-state index in [0.29, 0.717) is 18.0 Å². The van der Waals surface area contributed by atoms with Crippen LogP contribution in [0.15, 0.2) is 9.85 Å². The van der Waals surface area contributed by atoms with Gasteiger partial charge in [0.15, 0.2) is 0 Å². The van der Waals surface area contributed by atoms with Gasteiger partial charge in [0.05, 0.1) is 8.66 Å². The molecular weight excluding hydrogens is 332 g/mol. The van der Waals surface area contributed by atoms with Gasteiger partial charge in [-0.15, -0.1) is 11.3 Å². The second kappa shape index (κ2) is 7.02. The normalized spacial score (nSPS) is 10.8. The Morgan fingerprint density at radius 1 is 1.37 bits per heavy atom. The maximum absolute atomic E-state index is 12.3. The van der Waals surface area contributed by atoms with E-state index in [4.69, 9.17) is 5.11 Å². The van der Waals surface area contributed by atoms with Gasteiger partial charge in [-0.05, 0) is 48.6 Å². The van der Waals surface area contributed by atoms with Crippen LogP contribution in [-0.4, -0.2) is 60.5 Å². The van der Waals surface area contributed by atoms with Crippen molar-refractivity contribution in [2.75, 3.05) is 33.7 Å². The van der Waals surface area contributed by atoms with Crippen LogP contribution in [0.5, 0.6) is 0 Å². The number of thiophene rings is 1. The van der Waals surface area contributed by atoms with Gasteiger partial charge in [-0.25, -0.2) is 0 Å². The number of aryl methyl sites for hydroxylation is 1. The van der Waals surface area contributed by atoms with Crippen LogP contribution in [0.3, 0.4) is 0 Å². The summed E-state index contributed by atoms with van der Waals surface area (Å²) in [6.45, 7) is 2.65. The summed E-state index contributed by atoms with van der Waals surface area (Å²) >= 11 is 4.70. The molecule has 0 saturated carbocycles. The Balaban J connectivity index is 2.83. The number of hydrogen-bond acceptors (Lipinski definition) is 4. The first-order valence-corrected chi connectivity index (χ1v) is 7.34. The molecule has 0 unspecified atom stereocenters. The lowest BCUT2D eigenvalue weighted by molar-refractivity contribution is -0.137. The molecule has 19 heavy (non-hydrogen) atoms. The predicted octanol–water partition coefficient (Wildman–Crippen LogP) is 1.91. The number of carbonyl (C=O) groups excluding carboxylic acids is 1. The summed E-state index contributed by atoms with van der Waals surface area (Å²) in [6.07, 6.45) is 0. The molecule has 0 bridgehead atoms. The lowest BCUT2D eigenvalue weighted by atomic mass is 10.3. The third kappa shape index (κ3) is 4.93. The smallest absolute Gasteiger partial charge is 0.323 e. The van der Waals surface area contributed by atoms with Crippen molar-refractivity contribution in [1.29, 1.82) is 0 Å². The molecule has 7 heteroatoms. The van der Waals surface area contributed by atoms with Crippen LogP contribution < -0.4 is 0 Å². The quantitative estimate of drug-likeness (QED) is 0.852. The zero-order chi connectivity index (χ0) is 14.6. The third-order valence-electron chi connectivity index (χ3n) is 2.50. The van der Waals surface area contributed by atoms with Gasteiger partial charge in [0.1, 0.15) is 6.54 Å². The van der Waals surface area contributed by atoms with Crippen molar-refractivity contribution in [3.8, 4) is 0 Å². The first-order chi connectivity index (χ1) is 8.81. The van der Waals surface area contributed by atoms with Crippen molar-refractivity contribution < 1.29 is 14.7 Å². The molecule has 0 fully saturated rings. The molecule has 1 aromatic heterocycles. The highest BCUT2D eigenvalue weighted by atomic mass is 79.9. The van der Waals surface area contributed by atoms with E-state index >= 15 is 0 Å². The fourth-order valence-corrected chi connectivity index (χ4v) is 2.96. The van der Waals surface area contributed by atoms with Gasteiger partial charge in [-0.2, -0.15) is 0 Å². The number of likely N-dealkylation sites (N-methyl/N-ethyl adjacent to an activating group) is 1. The summed E-state index contributed by atoms with van der Waals surface area (Å²) in [5.41, 5.74) is 0.983. The number of amides is 1. The van der Waals surface area contributed by atoms with E-state index < -0.39 is 5.97 Å². The molecule has 1 amide bonds. The van der Waals surface area contributed by atoms with Crippen LogP contribution in [0, 0.1) is 6.92 Å². The molecule has 0 aliphatic heterocycles. The molecule has 0 aromatic carbocycles. The summed E-state index contributed by atoms with van der Waals surface area (Å²) in [5.74, 6) is -1.23. The maximum atomic E-state index is 12.3. The second-order valence-corrected chi connectivity index (χ2v) is 6.86. The minimum atomic E-state index is -1.00. The van der Waals surface area contributed by atoms with E-state index in [-0.39, 0.29) is 12.5 Å². The van der Waals surface area contributed by atoms with Gasteiger partial charge in [0, 0.05) is 13.1 Å². The summed E-state index contributed by atoms with van der Waals surface area (Å²) in [5, 5.41) is 8.89. The van der Waals surface area contributed by atoms with Gasteiger partial charge < -0.3 is 14.9 Å². The molecular formula is C12H17BrN2O3S.